The van der Waals surface area contributed by atoms with Gasteiger partial charge in [0.15, 0.2) is 5.66 Å². The molecule has 0 aliphatic heterocycles. The lowest BCUT2D eigenvalue weighted by Gasteiger charge is -2.24. The van der Waals surface area contributed by atoms with Gasteiger partial charge >= 0.3 is 19.5 Å². The summed E-state index contributed by atoms with van der Waals surface area (Å²) in [5, 5.41) is 0. The largest absolute Gasteiger partial charge is 0.466 e. The maximum Gasteiger partial charge on any atom is 0.345 e. The number of rotatable bonds is 11. The predicted molar refractivity (Wildman–Crippen MR) is 114 cm³/mol. The van der Waals surface area contributed by atoms with Crippen LogP contribution in [0.1, 0.15) is 73.1 Å². The first kappa shape index (κ1) is 27.8. The topological polar surface area (TPSA) is 88.1 Å². The van der Waals surface area contributed by atoms with Gasteiger partial charge in [-0.3, -0.25) is 14.2 Å². The average Bonchev–Trinajstić information content (AvgIpc) is 2.65. The normalized spacial score (nSPS) is 17.7. The molecule has 0 radical (unpaired) electrons. The van der Waals surface area contributed by atoms with Crippen molar-refractivity contribution >= 4 is 19.5 Å². The first-order valence-corrected chi connectivity index (χ1v) is 12.2. The summed E-state index contributed by atoms with van der Waals surface area (Å²) in [7, 11) is -3.78. The minimum Gasteiger partial charge on any atom is -0.466 e. The summed E-state index contributed by atoms with van der Waals surface area (Å²) in [5.74, 6) is -0.498. The monoisotopic (exact) mass is 434 g/mol. The molecule has 0 aromatic heterocycles. The van der Waals surface area contributed by atoms with Gasteiger partial charge in [0.2, 0.25) is 0 Å². The Labute approximate surface area is 176 Å². The highest BCUT2D eigenvalue weighted by Gasteiger charge is 2.44. The van der Waals surface area contributed by atoms with Crippen molar-refractivity contribution in [2.75, 3.05) is 26.4 Å². The SMILES string of the molecule is C=C1CCCC(C)C1.CCCOC(=O)CC(C(=O)OCC)P(=O)(OCC)OCC. The van der Waals surface area contributed by atoms with Crippen LogP contribution in [0, 0.1) is 5.92 Å². The van der Waals surface area contributed by atoms with Crippen LogP contribution in [0.5, 0.6) is 0 Å². The number of hydrogen-bond acceptors (Lipinski definition) is 7. The summed E-state index contributed by atoms with van der Waals surface area (Å²) in [6.45, 7) is 13.5. The zero-order chi connectivity index (χ0) is 22.3. The quantitative estimate of drug-likeness (QED) is 0.248. The van der Waals surface area contributed by atoms with Crippen LogP contribution in [-0.2, 0) is 32.7 Å². The maximum absolute atomic E-state index is 12.7. The highest BCUT2D eigenvalue weighted by molar-refractivity contribution is 7.55. The van der Waals surface area contributed by atoms with Gasteiger partial charge < -0.3 is 18.5 Å². The van der Waals surface area contributed by atoms with E-state index < -0.39 is 31.6 Å². The van der Waals surface area contributed by atoms with Crippen molar-refractivity contribution in [3.8, 4) is 0 Å². The average molecular weight is 435 g/mol. The second-order valence-electron chi connectivity index (χ2n) is 7.02. The Kier molecular flexibility index (Phi) is 15.0. The van der Waals surface area contributed by atoms with Gasteiger partial charge in [-0.25, -0.2) is 0 Å². The van der Waals surface area contributed by atoms with Crippen LogP contribution in [-0.4, -0.2) is 44.0 Å². The number of esters is 2. The molecule has 0 spiro atoms. The van der Waals surface area contributed by atoms with Gasteiger partial charge in [-0.2, -0.15) is 0 Å². The van der Waals surface area contributed by atoms with E-state index in [1.165, 1.54) is 31.3 Å². The van der Waals surface area contributed by atoms with Crippen molar-refractivity contribution in [2.24, 2.45) is 5.92 Å². The molecule has 0 aromatic carbocycles. The Balaban J connectivity index is 0.000000807. The molecule has 2 atom stereocenters. The Morgan fingerprint density at radius 2 is 1.72 bits per heavy atom. The fourth-order valence-electron chi connectivity index (χ4n) is 2.97. The number of ether oxygens (including phenoxy) is 2. The molecule has 0 amide bonds. The molecule has 0 heterocycles. The van der Waals surface area contributed by atoms with Gasteiger partial charge in [0.05, 0.1) is 32.8 Å². The second kappa shape index (κ2) is 15.6. The molecule has 0 saturated heterocycles. The Hall–Kier alpha value is -1.17. The van der Waals surface area contributed by atoms with E-state index in [0.29, 0.717) is 6.42 Å². The summed E-state index contributed by atoms with van der Waals surface area (Å²) in [6, 6.07) is 0. The van der Waals surface area contributed by atoms with Crippen LogP contribution in [0.2, 0.25) is 0 Å². The first-order chi connectivity index (χ1) is 13.7. The zero-order valence-corrected chi connectivity index (χ0v) is 19.6. The number of hydrogen-bond donors (Lipinski definition) is 0. The summed E-state index contributed by atoms with van der Waals surface area (Å²) in [4.78, 5) is 23.7. The van der Waals surface area contributed by atoms with E-state index in [-0.39, 0.29) is 26.4 Å². The fourth-order valence-corrected chi connectivity index (χ4v) is 4.83. The van der Waals surface area contributed by atoms with E-state index in [0.717, 1.165) is 5.92 Å². The molecule has 1 aliphatic carbocycles. The van der Waals surface area contributed by atoms with Gasteiger partial charge in [-0.1, -0.05) is 32.4 Å². The summed E-state index contributed by atoms with van der Waals surface area (Å²) in [6.07, 6.45) is 5.61. The minimum atomic E-state index is -3.78. The Morgan fingerprint density at radius 1 is 1.10 bits per heavy atom. The molecule has 1 saturated carbocycles. The van der Waals surface area contributed by atoms with E-state index in [1.54, 1.807) is 20.8 Å². The lowest BCUT2D eigenvalue weighted by atomic mass is 9.88. The van der Waals surface area contributed by atoms with Gasteiger partial charge in [0.25, 0.3) is 0 Å². The van der Waals surface area contributed by atoms with E-state index >= 15 is 0 Å². The zero-order valence-electron chi connectivity index (χ0n) is 18.7. The van der Waals surface area contributed by atoms with E-state index in [2.05, 4.69) is 13.5 Å². The van der Waals surface area contributed by atoms with Crippen molar-refractivity contribution in [1.29, 1.82) is 0 Å². The van der Waals surface area contributed by atoms with Crippen LogP contribution in [0.15, 0.2) is 12.2 Å². The second-order valence-corrected chi connectivity index (χ2v) is 9.24. The summed E-state index contributed by atoms with van der Waals surface area (Å²) >= 11 is 0. The smallest absolute Gasteiger partial charge is 0.345 e. The number of carbonyl (C=O) groups excluding carboxylic acids is 2. The number of allylic oxidation sites excluding steroid dienone is 1. The van der Waals surface area contributed by atoms with E-state index in [1.807, 2.05) is 6.92 Å². The van der Waals surface area contributed by atoms with Gasteiger partial charge in [0.1, 0.15) is 0 Å². The van der Waals surface area contributed by atoms with Crippen LogP contribution in [0.3, 0.4) is 0 Å². The van der Waals surface area contributed by atoms with E-state index in [4.69, 9.17) is 18.5 Å². The molecule has 0 N–H and O–H groups in total. The minimum absolute atomic E-state index is 0.0944. The lowest BCUT2D eigenvalue weighted by molar-refractivity contribution is -0.150. The third-order valence-corrected chi connectivity index (χ3v) is 6.64. The van der Waals surface area contributed by atoms with Crippen molar-refractivity contribution in [2.45, 2.75) is 78.8 Å². The van der Waals surface area contributed by atoms with E-state index in [9.17, 15) is 14.2 Å². The van der Waals surface area contributed by atoms with Crippen LogP contribution in [0.4, 0.5) is 0 Å². The summed E-state index contributed by atoms with van der Waals surface area (Å²) in [5.41, 5.74) is 0.158. The highest BCUT2D eigenvalue weighted by atomic mass is 31.2. The fraction of sp³-hybridized carbons (Fsp3) is 0.810. The highest BCUT2D eigenvalue weighted by Crippen LogP contribution is 2.54. The third-order valence-electron chi connectivity index (χ3n) is 4.25. The standard InChI is InChI=1S/C13H25O7P.C8H14/c1-5-9-18-12(14)10-11(13(15)17-6-2)21(16,19-7-3)20-8-4;1-7-4-3-5-8(2)6-7/h11H,5-10H2,1-4H3;8H,1,3-6H2,2H3. The molecule has 29 heavy (non-hydrogen) atoms. The molecule has 7 nitrogen and oxygen atoms in total. The molecular weight excluding hydrogens is 395 g/mol. The van der Waals surface area contributed by atoms with Crippen molar-refractivity contribution in [3.05, 3.63) is 12.2 Å². The number of carbonyl (C=O) groups is 2. The molecule has 1 rings (SSSR count). The van der Waals surface area contributed by atoms with Crippen molar-refractivity contribution in [1.82, 2.24) is 0 Å². The van der Waals surface area contributed by atoms with Crippen molar-refractivity contribution in [3.63, 3.8) is 0 Å². The molecule has 2 unspecified atom stereocenters. The van der Waals surface area contributed by atoms with Crippen molar-refractivity contribution < 1.29 is 32.7 Å². The van der Waals surface area contributed by atoms with Crippen LogP contribution >= 0.6 is 7.60 Å². The first-order valence-electron chi connectivity index (χ1n) is 10.6. The lowest BCUT2D eigenvalue weighted by Crippen LogP contribution is -2.29. The Morgan fingerprint density at radius 3 is 2.14 bits per heavy atom. The molecule has 1 aliphatic rings. The van der Waals surface area contributed by atoms with Gasteiger partial charge in [0, 0.05) is 0 Å². The Bertz CT molecular complexity index is 537. The maximum atomic E-state index is 12.7. The predicted octanol–water partition coefficient (Wildman–Crippen LogP) is 5.28. The molecule has 8 heteroatoms. The molecule has 0 bridgehead atoms. The molecule has 0 aromatic rings. The molecule has 1 fully saturated rings. The van der Waals surface area contributed by atoms with Gasteiger partial charge in [-0.15, -0.1) is 0 Å². The molecular formula is C21H39O7P. The molecule has 170 valence electrons. The third kappa shape index (κ3) is 11.6. The summed E-state index contributed by atoms with van der Waals surface area (Å²) < 4.78 is 32.7. The van der Waals surface area contributed by atoms with Gasteiger partial charge in [-0.05, 0) is 52.4 Å². The van der Waals surface area contributed by atoms with Crippen LogP contribution < -0.4 is 0 Å². The van der Waals surface area contributed by atoms with Crippen LogP contribution in [0.25, 0.3) is 0 Å².